The predicted molar refractivity (Wildman–Crippen MR) is 96.1 cm³/mol. The summed E-state index contributed by atoms with van der Waals surface area (Å²) in [5, 5.41) is 7.28. The topological polar surface area (TPSA) is 100 Å². The molecule has 1 aliphatic heterocycles. The SMILES string of the molecule is Cc1nc2c(c(NCCc3noc(C)n3)n1)CCN(C(=O)N(C)C)CC2. The first kappa shape index (κ1) is 18.1. The van der Waals surface area contributed by atoms with Crippen molar-refractivity contribution in [3.63, 3.8) is 0 Å². The lowest BCUT2D eigenvalue weighted by Gasteiger charge is -2.24. The fraction of sp³-hybridized carbons (Fsp3) is 0.588. The van der Waals surface area contributed by atoms with Crippen LogP contribution < -0.4 is 5.32 Å². The molecule has 3 heterocycles. The van der Waals surface area contributed by atoms with Gasteiger partial charge in [-0.2, -0.15) is 4.98 Å². The molecule has 2 aromatic heterocycles. The number of aromatic nitrogens is 4. The van der Waals surface area contributed by atoms with Gasteiger partial charge in [-0.25, -0.2) is 14.8 Å². The van der Waals surface area contributed by atoms with Crippen LogP contribution in [-0.4, -0.2) is 69.7 Å². The van der Waals surface area contributed by atoms with E-state index in [1.54, 1.807) is 25.9 Å². The number of nitrogens with zero attached hydrogens (tertiary/aromatic N) is 6. The fourth-order valence-corrected chi connectivity index (χ4v) is 3.08. The molecule has 2 aromatic rings. The van der Waals surface area contributed by atoms with E-state index in [0.717, 1.165) is 35.7 Å². The van der Waals surface area contributed by atoms with Gasteiger partial charge in [0.15, 0.2) is 5.82 Å². The quantitative estimate of drug-likeness (QED) is 0.876. The standard InChI is InChI=1S/C17H25N7O2/c1-11-19-14-7-10-24(17(25)23(3)4)9-6-13(14)16(20-11)18-8-5-15-21-12(2)26-22-15/h5-10H2,1-4H3,(H,18,19,20). The second-order valence-corrected chi connectivity index (χ2v) is 6.62. The third-order valence-corrected chi connectivity index (χ3v) is 4.32. The first-order valence-electron chi connectivity index (χ1n) is 8.79. The molecule has 0 spiro atoms. The molecule has 2 amide bonds. The second kappa shape index (κ2) is 7.67. The van der Waals surface area contributed by atoms with Crippen LogP contribution in [-0.2, 0) is 19.3 Å². The number of carbonyl (C=O) groups is 1. The number of anilines is 1. The Labute approximate surface area is 152 Å². The van der Waals surface area contributed by atoms with Gasteiger partial charge in [0.2, 0.25) is 5.89 Å². The van der Waals surface area contributed by atoms with E-state index in [-0.39, 0.29) is 6.03 Å². The van der Waals surface area contributed by atoms with Gasteiger partial charge in [0, 0.05) is 59.1 Å². The Morgan fingerprint density at radius 2 is 1.96 bits per heavy atom. The molecule has 1 aliphatic rings. The lowest BCUT2D eigenvalue weighted by atomic mass is 10.1. The van der Waals surface area contributed by atoms with E-state index in [1.165, 1.54) is 0 Å². The molecule has 0 radical (unpaired) electrons. The summed E-state index contributed by atoms with van der Waals surface area (Å²) in [4.78, 5) is 29.1. The highest BCUT2D eigenvalue weighted by Crippen LogP contribution is 2.22. The van der Waals surface area contributed by atoms with Crippen LogP contribution in [0.5, 0.6) is 0 Å². The minimum atomic E-state index is 0.0319. The van der Waals surface area contributed by atoms with Crippen molar-refractivity contribution < 1.29 is 9.32 Å². The maximum atomic E-state index is 12.3. The van der Waals surface area contributed by atoms with Gasteiger partial charge in [0.05, 0.1) is 5.69 Å². The van der Waals surface area contributed by atoms with Crippen LogP contribution in [0.15, 0.2) is 4.52 Å². The van der Waals surface area contributed by atoms with E-state index in [4.69, 9.17) is 4.52 Å². The van der Waals surface area contributed by atoms with Crippen molar-refractivity contribution in [3.8, 4) is 0 Å². The van der Waals surface area contributed by atoms with E-state index < -0.39 is 0 Å². The Morgan fingerprint density at radius 1 is 1.19 bits per heavy atom. The Morgan fingerprint density at radius 3 is 2.65 bits per heavy atom. The molecule has 0 atom stereocenters. The Balaban J connectivity index is 1.71. The summed E-state index contributed by atoms with van der Waals surface area (Å²) in [5.41, 5.74) is 2.11. The van der Waals surface area contributed by atoms with Crippen LogP contribution in [0, 0.1) is 13.8 Å². The number of hydrogen-bond donors (Lipinski definition) is 1. The minimum absolute atomic E-state index is 0.0319. The summed E-state index contributed by atoms with van der Waals surface area (Å²) in [5.74, 6) is 2.81. The molecule has 0 aliphatic carbocycles. The molecule has 1 N–H and O–H groups in total. The highest BCUT2D eigenvalue weighted by atomic mass is 16.5. The summed E-state index contributed by atoms with van der Waals surface area (Å²) >= 11 is 0. The lowest BCUT2D eigenvalue weighted by Crippen LogP contribution is -2.40. The molecular weight excluding hydrogens is 334 g/mol. The van der Waals surface area contributed by atoms with E-state index in [0.29, 0.717) is 37.8 Å². The summed E-state index contributed by atoms with van der Waals surface area (Å²) in [6.45, 7) is 5.65. The van der Waals surface area contributed by atoms with E-state index in [2.05, 4.69) is 25.4 Å². The molecule has 9 nitrogen and oxygen atoms in total. The van der Waals surface area contributed by atoms with Crippen LogP contribution in [0.2, 0.25) is 0 Å². The molecule has 3 rings (SSSR count). The predicted octanol–water partition coefficient (Wildman–Crippen LogP) is 1.21. The van der Waals surface area contributed by atoms with E-state index in [9.17, 15) is 4.79 Å². The summed E-state index contributed by atoms with van der Waals surface area (Å²) in [6.07, 6.45) is 2.12. The summed E-state index contributed by atoms with van der Waals surface area (Å²) < 4.78 is 4.99. The zero-order valence-electron chi connectivity index (χ0n) is 15.7. The van der Waals surface area contributed by atoms with Crippen LogP contribution in [0.1, 0.15) is 28.8 Å². The number of carbonyl (C=O) groups excluding carboxylic acids is 1. The lowest BCUT2D eigenvalue weighted by molar-refractivity contribution is 0.173. The Kier molecular flexibility index (Phi) is 5.34. The zero-order chi connectivity index (χ0) is 18.7. The van der Waals surface area contributed by atoms with Gasteiger partial charge in [0.1, 0.15) is 11.6 Å². The Bertz CT molecular complexity index is 787. The van der Waals surface area contributed by atoms with Crippen LogP contribution in [0.4, 0.5) is 10.6 Å². The molecule has 0 aromatic carbocycles. The molecule has 140 valence electrons. The van der Waals surface area contributed by atoms with Gasteiger partial charge in [-0.1, -0.05) is 5.16 Å². The monoisotopic (exact) mass is 359 g/mol. The second-order valence-electron chi connectivity index (χ2n) is 6.62. The molecule has 0 saturated carbocycles. The van der Waals surface area contributed by atoms with E-state index >= 15 is 0 Å². The number of rotatable bonds is 4. The largest absolute Gasteiger partial charge is 0.369 e. The first-order chi connectivity index (χ1) is 12.4. The van der Waals surface area contributed by atoms with Gasteiger partial charge in [0.25, 0.3) is 0 Å². The van der Waals surface area contributed by atoms with Crippen LogP contribution in [0.25, 0.3) is 0 Å². The molecule has 0 saturated heterocycles. The maximum absolute atomic E-state index is 12.3. The number of nitrogens with one attached hydrogen (secondary N) is 1. The smallest absolute Gasteiger partial charge is 0.319 e. The van der Waals surface area contributed by atoms with Crippen molar-refractivity contribution in [2.75, 3.05) is 39.0 Å². The molecular formula is C17H25N7O2. The molecule has 0 unspecified atom stereocenters. The Hall–Kier alpha value is -2.71. The van der Waals surface area contributed by atoms with Crippen molar-refractivity contribution in [1.29, 1.82) is 0 Å². The van der Waals surface area contributed by atoms with Gasteiger partial charge in [-0.3, -0.25) is 0 Å². The van der Waals surface area contributed by atoms with Crippen LogP contribution >= 0.6 is 0 Å². The van der Waals surface area contributed by atoms with Gasteiger partial charge < -0.3 is 19.6 Å². The highest BCUT2D eigenvalue weighted by molar-refractivity contribution is 5.74. The minimum Gasteiger partial charge on any atom is -0.369 e. The van der Waals surface area contributed by atoms with Crippen molar-refractivity contribution in [2.45, 2.75) is 33.1 Å². The molecule has 0 bridgehead atoms. The summed E-state index contributed by atoms with van der Waals surface area (Å²) in [6, 6.07) is 0.0319. The van der Waals surface area contributed by atoms with Crippen molar-refractivity contribution in [3.05, 3.63) is 28.8 Å². The number of urea groups is 1. The third-order valence-electron chi connectivity index (χ3n) is 4.32. The van der Waals surface area contributed by atoms with Crippen LogP contribution in [0.3, 0.4) is 0 Å². The molecule has 0 fully saturated rings. The number of aryl methyl sites for hydroxylation is 2. The fourth-order valence-electron chi connectivity index (χ4n) is 3.08. The molecule has 9 heteroatoms. The number of amides is 2. The molecule has 26 heavy (non-hydrogen) atoms. The average Bonchev–Trinajstić information content (AvgIpc) is 2.88. The average molecular weight is 359 g/mol. The normalized spacial score (nSPS) is 13.9. The zero-order valence-corrected chi connectivity index (χ0v) is 15.7. The van der Waals surface area contributed by atoms with Gasteiger partial charge in [-0.15, -0.1) is 0 Å². The maximum Gasteiger partial charge on any atom is 0.319 e. The first-order valence-corrected chi connectivity index (χ1v) is 8.79. The third kappa shape index (κ3) is 4.09. The van der Waals surface area contributed by atoms with Crippen molar-refractivity contribution >= 4 is 11.8 Å². The summed E-state index contributed by atoms with van der Waals surface area (Å²) in [7, 11) is 3.55. The van der Waals surface area contributed by atoms with Crippen molar-refractivity contribution in [2.24, 2.45) is 0 Å². The van der Waals surface area contributed by atoms with Gasteiger partial charge >= 0.3 is 6.03 Å². The van der Waals surface area contributed by atoms with E-state index in [1.807, 2.05) is 11.8 Å². The highest BCUT2D eigenvalue weighted by Gasteiger charge is 2.23. The van der Waals surface area contributed by atoms with Gasteiger partial charge in [-0.05, 0) is 13.3 Å². The van der Waals surface area contributed by atoms with Crippen molar-refractivity contribution in [1.82, 2.24) is 29.9 Å². The number of hydrogen-bond acceptors (Lipinski definition) is 7. The number of fused-ring (bicyclic) bond motifs is 1.